The van der Waals surface area contributed by atoms with Crippen LogP contribution in [-0.4, -0.2) is 35.1 Å². The van der Waals surface area contributed by atoms with Crippen LogP contribution >= 0.6 is 35.4 Å². The van der Waals surface area contributed by atoms with Gasteiger partial charge in [0.25, 0.3) is 5.91 Å². The van der Waals surface area contributed by atoms with E-state index in [4.69, 9.17) is 40.2 Å². The second-order valence-electron chi connectivity index (χ2n) is 5.18. The van der Waals surface area contributed by atoms with Crippen LogP contribution in [0.3, 0.4) is 0 Å². The first-order valence-electron chi connectivity index (χ1n) is 7.19. The van der Waals surface area contributed by atoms with Crippen molar-refractivity contribution in [2.45, 2.75) is 32.3 Å². The lowest BCUT2D eigenvalue weighted by Crippen LogP contribution is -2.48. The molecular formula is C15H18Cl2N2O2S. The van der Waals surface area contributed by atoms with Gasteiger partial charge in [-0.1, -0.05) is 23.2 Å². The number of hydrogen-bond donors (Lipinski definition) is 1. The van der Waals surface area contributed by atoms with Crippen molar-refractivity contribution in [2.24, 2.45) is 0 Å². The number of halogens is 2. The van der Waals surface area contributed by atoms with Gasteiger partial charge >= 0.3 is 0 Å². The van der Waals surface area contributed by atoms with E-state index in [0.29, 0.717) is 20.9 Å². The maximum absolute atomic E-state index is 12.2. The minimum absolute atomic E-state index is 0.290. The largest absolute Gasteiger partial charge is 0.479 e. The monoisotopic (exact) mass is 360 g/mol. The summed E-state index contributed by atoms with van der Waals surface area (Å²) in [6.07, 6.45) is 2.70. The summed E-state index contributed by atoms with van der Waals surface area (Å²) >= 11 is 17.1. The topological polar surface area (TPSA) is 41.6 Å². The standard InChI is InChI=1S/C15H18Cl2N2O2S/c1-10(21-13-6-5-11(16)9-12(13)17)14(20)18-15(22)19-7-3-2-4-8-19/h5-6,9-10H,2-4,7-8H2,1H3,(H,18,20,22)/t10-/m0/s1. The number of thiocarbonyl (C=S) groups is 1. The van der Waals surface area contributed by atoms with E-state index in [1.807, 2.05) is 4.90 Å². The summed E-state index contributed by atoms with van der Waals surface area (Å²) in [5, 5.41) is 4.07. The molecule has 1 saturated heterocycles. The second kappa shape index (κ2) is 7.99. The number of benzene rings is 1. The van der Waals surface area contributed by atoms with Gasteiger partial charge in [0.2, 0.25) is 0 Å². The molecule has 120 valence electrons. The number of nitrogens with one attached hydrogen (secondary N) is 1. The molecule has 22 heavy (non-hydrogen) atoms. The molecule has 7 heteroatoms. The Kier molecular flexibility index (Phi) is 6.29. The van der Waals surface area contributed by atoms with Gasteiger partial charge in [0.1, 0.15) is 5.75 Å². The van der Waals surface area contributed by atoms with E-state index in [1.54, 1.807) is 25.1 Å². The molecule has 1 heterocycles. The summed E-state index contributed by atoms with van der Waals surface area (Å²) in [6.45, 7) is 3.42. The number of amides is 1. The van der Waals surface area contributed by atoms with Crippen molar-refractivity contribution >= 4 is 46.4 Å². The van der Waals surface area contributed by atoms with E-state index in [9.17, 15) is 4.79 Å². The first-order chi connectivity index (χ1) is 10.5. The van der Waals surface area contributed by atoms with Crippen LogP contribution in [-0.2, 0) is 4.79 Å². The van der Waals surface area contributed by atoms with Crippen molar-refractivity contribution in [2.75, 3.05) is 13.1 Å². The molecule has 1 aliphatic heterocycles. The Labute approximate surface area is 145 Å². The van der Waals surface area contributed by atoms with Gasteiger partial charge in [-0.15, -0.1) is 0 Å². The average Bonchev–Trinajstić information content (AvgIpc) is 2.50. The van der Waals surface area contributed by atoms with Crippen LogP contribution in [0.2, 0.25) is 10.0 Å². The van der Waals surface area contributed by atoms with Crippen LogP contribution in [0.4, 0.5) is 0 Å². The Morgan fingerprint density at radius 2 is 2.00 bits per heavy atom. The Hall–Kier alpha value is -1.04. The molecule has 1 aromatic rings. The van der Waals surface area contributed by atoms with Gasteiger partial charge < -0.3 is 9.64 Å². The predicted molar refractivity (Wildman–Crippen MR) is 92.7 cm³/mol. The van der Waals surface area contributed by atoms with Gasteiger partial charge in [0.05, 0.1) is 5.02 Å². The number of hydrogen-bond acceptors (Lipinski definition) is 3. The van der Waals surface area contributed by atoms with Crippen LogP contribution < -0.4 is 10.1 Å². The Balaban J connectivity index is 1.89. The third-order valence-corrected chi connectivity index (χ3v) is 4.33. The fraction of sp³-hybridized carbons (Fsp3) is 0.467. The molecule has 1 aliphatic rings. The zero-order valence-corrected chi connectivity index (χ0v) is 14.6. The van der Waals surface area contributed by atoms with E-state index >= 15 is 0 Å². The Morgan fingerprint density at radius 1 is 1.32 bits per heavy atom. The number of likely N-dealkylation sites (tertiary alicyclic amines) is 1. The minimum Gasteiger partial charge on any atom is -0.479 e. The highest BCUT2D eigenvalue weighted by molar-refractivity contribution is 7.80. The van der Waals surface area contributed by atoms with Crippen molar-refractivity contribution in [1.29, 1.82) is 0 Å². The fourth-order valence-corrected chi connectivity index (χ4v) is 2.93. The van der Waals surface area contributed by atoms with Crippen LogP contribution in [0.1, 0.15) is 26.2 Å². The van der Waals surface area contributed by atoms with Gasteiger partial charge in [-0.05, 0) is 56.6 Å². The molecule has 1 N–H and O–H groups in total. The molecule has 1 aromatic carbocycles. The molecule has 4 nitrogen and oxygen atoms in total. The summed E-state index contributed by atoms with van der Waals surface area (Å²) in [7, 11) is 0. The third-order valence-electron chi connectivity index (χ3n) is 3.44. The van der Waals surface area contributed by atoms with Gasteiger partial charge in [-0.3, -0.25) is 10.1 Å². The predicted octanol–water partition coefficient (Wildman–Crippen LogP) is 3.65. The van der Waals surface area contributed by atoms with E-state index in [-0.39, 0.29) is 5.91 Å². The van der Waals surface area contributed by atoms with Gasteiger partial charge in [-0.25, -0.2) is 0 Å². The fourth-order valence-electron chi connectivity index (χ4n) is 2.20. The number of rotatable bonds is 3. The summed E-state index contributed by atoms with van der Waals surface area (Å²) in [6, 6.07) is 4.87. The minimum atomic E-state index is -0.707. The van der Waals surface area contributed by atoms with Gasteiger partial charge in [0.15, 0.2) is 11.2 Å². The maximum Gasteiger partial charge on any atom is 0.266 e. The second-order valence-corrected chi connectivity index (χ2v) is 6.41. The maximum atomic E-state index is 12.2. The van der Waals surface area contributed by atoms with Crippen LogP contribution in [0.5, 0.6) is 5.75 Å². The first-order valence-corrected chi connectivity index (χ1v) is 8.35. The summed E-state index contributed by atoms with van der Waals surface area (Å²) < 4.78 is 5.57. The molecule has 1 fully saturated rings. The van der Waals surface area contributed by atoms with E-state index in [1.165, 1.54) is 6.42 Å². The van der Waals surface area contributed by atoms with Gasteiger partial charge in [-0.2, -0.15) is 0 Å². The number of piperidine rings is 1. The smallest absolute Gasteiger partial charge is 0.266 e. The van der Waals surface area contributed by atoms with Crippen molar-refractivity contribution in [3.05, 3.63) is 28.2 Å². The molecule has 2 rings (SSSR count). The molecule has 0 spiro atoms. The normalized spacial score (nSPS) is 16.0. The van der Waals surface area contributed by atoms with Crippen molar-refractivity contribution in [3.8, 4) is 5.75 Å². The van der Waals surface area contributed by atoms with E-state index in [0.717, 1.165) is 25.9 Å². The average molecular weight is 361 g/mol. The zero-order valence-electron chi connectivity index (χ0n) is 12.3. The molecule has 0 radical (unpaired) electrons. The molecule has 0 bridgehead atoms. The highest BCUT2D eigenvalue weighted by Crippen LogP contribution is 2.28. The summed E-state index contributed by atoms with van der Waals surface area (Å²) in [5.74, 6) is 0.124. The molecule has 1 atom stereocenters. The molecule has 1 amide bonds. The number of nitrogens with zero attached hydrogens (tertiary/aromatic N) is 1. The highest BCUT2D eigenvalue weighted by Gasteiger charge is 2.20. The van der Waals surface area contributed by atoms with E-state index < -0.39 is 6.10 Å². The molecule has 0 aromatic heterocycles. The lowest BCUT2D eigenvalue weighted by molar-refractivity contribution is -0.125. The molecule has 0 saturated carbocycles. The number of carbonyl (C=O) groups excluding carboxylic acids is 1. The summed E-state index contributed by atoms with van der Waals surface area (Å²) in [4.78, 5) is 14.2. The lowest BCUT2D eigenvalue weighted by Gasteiger charge is -2.29. The number of ether oxygens (including phenoxy) is 1. The molecule has 0 aliphatic carbocycles. The molecular weight excluding hydrogens is 343 g/mol. The number of carbonyl (C=O) groups is 1. The summed E-state index contributed by atoms with van der Waals surface area (Å²) in [5.41, 5.74) is 0. The van der Waals surface area contributed by atoms with E-state index in [2.05, 4.69) is 5.32 Å². The zero-order chi connectivity index (χ0) is 16.1. The van der Waals surface area contributed by atoms with Crippen LogP contribution in [0.15, 0.2) is 18.2 Å². The Bertz CT molecular complexity index is 562. The van der Waals surface area contributed by atoms with Crippen molar-refractivity contribution in [3.63, 3.8) is 0 Å². The van der Waals surface area contributed by atoms with Crippen molar-refractivity contribution < 1.29 is 9.53 Å². The third kappa shape index (κ3) is 4.73. The quantitative estimate of drug-likeness (QED) is 0.835. The van der Waals surface area contributed by atoms with Crippen molar-refractivity contribution in [1.82, 2.24) is 10.2 Å². The van der Waals surface area contributed by atoms with Gasteiger partial charge in [0, 0.05) is 18.1 Å². The van der Waals surface area contributed by atoms with Crippen LogP contribution in [0.25, 0.3) is 0 Å². The van der Waals surface area contributed by atoms with Crippen LogP contribution in [0, 0.1) is 0 Å². The highest BCUT2D eigenvalue weighted by atomic mass is 35.5. The Morgan fingerprint density at radius 3 is 2.64 bits per heavy atom. The SMILES string of the molecule is C[C@H](Oc1ccc(Cl)cc1Cl)C(=O)NC(=S)N1CCCCC1. The lowest BCUT2D eigenvalue weighted by atomic mass is 10.1. The molecule has 0 unspecified atom stereocenters. The first kappa shape index (κ1) is 17.3.